The molecule has 0 amide bonds. The fraction of sp³-hybridized carbons (Fsp3) is 0.300. The van der Waals surface area contributed by atoms with Gasteiger partial charge in [0.2, 0.25) is 5.78 Å². The first-order valence-electron chi connectivity index (χ1n) is 4.47. The zero-order valence-electron chi connectivity index (χ0n) is 8.49. The van der Waals surface area contributed by atoms with Gasteiger partial charge < -0.3 is 0 Å². The molecule has 0 aliphatic heterocycles. The summed E-state index contributed by atoms with van der Waals surface area (Å²) in [7, 11) is 0. The molecule has 0 aromatic heterocycles. The summed E-state index contributed by atoms with van der Waals surface area (Å²) < 4.78 is 86.2. The fourth-order valence-electron chi connectivity index (χ4n) is 1.12. The monoisotopic (exact) mass is 274 g/mol. The predicted octanol–water partition coefficient (Wildman–Crippen LogP) is 3.27. The summed E-state index contributed by atoms with van der Waals surface area (Å²) in [6, 6.07) is 1.56. The largest absolute Gasteiger partial charge is 0.461 e. The maximum atomic E-state index is 13.0. The van der Waals surface area contributed by atoms with Crippen LogP contribution in [0.2, 0.25) is 0 Å². The molecule has 1 aromatic rings. The molecule has 0 fully saturated rings. The lowest BCUT2D eigenvalue weighted by Crippen LogP contribution is -2.45. The number of benzene rings is 1. The second kappa shape index (κ2) is 4.58. The lowest BCUT2D eigenvalue weighted by atomic mass is 10.0. The predicted molar refractivity (Wildman–Crippen MR) is 46.1 cm³/mol. The number of ketones is 1. The molecule has 0 spiro atoms. The summed E-state index contributed by atoms with van der Waals surface area (Å²) in [5.41, 5.74) is -0.857. The van der Waals surface area contributed by atoms with Crippen LogP contribution in [0.4, 0.5) is 30.7 Å². The van der Waals surface area contributed by atoms with Gasteiger partial charge in [-0.05, 0) is 23.8 Å². The van der Waals surface area contributed by atoms with Crippen LogP contribution >= 0.6 is 0 Å². The van der Waals surface area contributed by atoms with Gasteiger partial charge in [0.15, 0.2) is 0 Å². The molecule has 0 saturated carbocycles. The van der Waals surface area contributed by atoms with Crippen molar-refractivity contribution in [1.29, 1.82) is 0 Å². The Labute approximate surface area is 96.2 Å². The molecule has 0 aliphatic carbocycles. The summed E-state index contributed by atoms with van der Waals surface area (Å²) in [5.74, 6) is -10.4. The number of Topliss-reactive ketones (excluding diaryl/α,β-unsaturated/α-hetero) is 1. The van der Waals surface area contributed by atoms with Crippen LogP contribution in [0.1, 0.15) is 5.56 Å². The highest BCUT2D eigenvalue weighted by molar-refractivity contribution is 5.88. The zero-order chi connectivity index (χ0) is 14.1. The molecule has 8 heteroatoms. The average Bonchev–Trinajstić information content (AvgIpc) is 2.21. The van der Waals surface area contributed by atoms with Gasteiger partial charge in [0.1, 0.15) is 11.6 Å². The van der Waals surface area contributed by atoms with Gasteiger partial charge in [-0.15, -0.1) is 0 Å². The van der Waals surface area contributed by atoms with Crippen molar-refractivity contribution >= 4 is 5.78 Å². The number of hydrogen-bond acceptors (Lipinski definition) is 1. The van der Waals surface area contributed by atoms with E-state index >= 15 is 0 Å². The van der Waals surface area contributed by atoms with E-state index in [-0.39, 0.29) is 0 Å². The first kappa shape index (κ1) is 14.5. The van der Waals surface area contributed by atoms with Crippen LogP contribution < -0.4 is 0 Å². The number of rotatable bonds is 3. The summed E-state index contributed by atoms with van der Waals surface area (Å²) in [4.78, 5) is 10.8. The molecule has 100 valence electrons. The van der Waals surface area contributed by atoms with Gasteiger partial charge in [0.05, 0.1) is 0 Å². The molecule has 0 saturated heterocycles. The van der Waals surface area contributed by atoms with Crippen LogP contribution in [0.25, 0.3) is 0 Å². The van der Waals surface area contributed by atoms with Crippen LogP contribution in [0.3, 0.4) is 0 Å². The number of carbonyl (C=O) groups is 1. The highest BCUT2D eigenvalue weighted by Gasteiger charge is 2.62. The van der Waals surface area contributed by atoms with Gasteiger partial charge in [0.25, 0.3) is 0 Å². The van der Waals surface area contributed by atoms with Gasteiger partial charge in [-0.25, -0.2) is 8.78 Å². The van der Waals surface area contributed by atoms with Crippen LogP contribution in [0.15, 0.2) is 18.2 Å². The normalized spacial score (nSPS) is 12.6. The molecule has 1 nitrogen and oxygen atoms in total. The van der Waals surface area contributed by atoms with Crippen LogP contribution in [-0.2, 0) is 11.2 Å². The van der Waals surface area contributed by atoms with Crippen LogP contribution in [0, 0.1) is 11.6 Å². The molecule has 0 aliphatic rings. The van der Waals surface area contributed by atoms with E-state index in [4.69, 9.17) is 0 Å². The van der Waals surface area contributed by atoms with E-state index in [0.717, 1.165) is 0 Å². The molecule has 0 N–H and O–H groups in total. The minimum absolute atomic E-state index is 0.389. The van der Waals surface area contributed by atoms with Gasteiger partial charge in [-0.1, -0.05) is 0 Å². The van der Waals surface area contributed by atoms with E-state index < -0.39 is 41.5 Å². The Bertz CT molecular complexity index is 464. The lowest BCUT2D eigenvalue weighted by molar-refractivity contribution is -0.268. The van der Waals surface area contributed by atoms with Crippen molar-refractivity contribution in [2.24, 2.45) is 0 Å². The summed E-state index contributed by atoms with van der Waals surface area (Å²) in [6.07, 6.45) is -7.61. The maximum absolute atomic E-state index is 13.0. The molecular weight excluding hydrogens is 269 g/mol. The Morgan fingerprint density at radius 3 is 2.11 bits per heavy atom. The van der Waals surface area contributed by atoms with Gasteiger partial charge in [0, 0.05) is 6.42 Å². The smallest absolute Gasteiger partial charge is 0.292 e. The highest BCUT2D eigenvalue weighted by Crippen LogP contribution is 2.37. The Morgan fingerprint density at radius 1 is 1.06 bits per heavy atom. The SMILES string of the molecule is O=C(Cc1cc(F)ccc1F)C(F)(F)C(F)(F)F. The van der Waals surface area contributed by atoms with Crippen molar-refractivity contribution in [1.82, 2.24) is 0 Å². The van der Waals surface area contributed by atoms with Crippen molar-refractivity contribution < 1.29 is 35.5 Å². The number of alkyl halides is 5. The fourth-order valence-corrected chi connectivity index (χ4v) is 1.12. The van der Waals surface area contributed by atoms with Crippen LogP contribution in [-0.4, -0.2) is 17.9 Å². The van der Waals surface area contributed by atoms with E-state index in [2.05, 4.69) is 0 Å². The molecule has 0 heterocycles. The molecule has 0 atom stereocenters. The second-order valence-corrected chi connectivity index (χ2v) is 3.41. The Hall–Kier alpha value is -1.60. The van der Waals surface area contributed by atoms with Crippen molar-refractivity contribution in [3.8, 4) is 0 Å². The quantitative estimate of drug-likeness (QED) is 0.773. The van der Waals surface area contributed by atoms with E-state index in [1.54, 1.807) is 0 Å². The number of carbonyl (C=O) groups excluding carboxylic acids is 1. The van der Waals surface area contributed by atoms with Gasteiger partial charge in [-0.2, -0.15) is 22.0 Å². The number of halogens is 7. The zero-order valence-corrected chi connectivity index (χ0v) is 8.49. The Kier molecular flexibility index (Phi) is 3.68. The summed E-state index contributed by atoms with van der Waals surface area (Å²) in [6.45, 7) is 0. The molecule has 1 aromatic carbocycles. The van der Waals surface area contributed by atoms with E-state index in [1.807, 2.05) is 0 Å². The van der Waals surface area contributed by atoms with Crippen molar-refractivity contribution in [2.45, 2.75) is 18.5 Å². The average molecular weight is 274 g/mol. The molecular formula is C10H5F7O. The second-order valence-electron chi connectivity index (χ2n) is 3.41. The Morgan fingerprint density at radius 2 is 1.61 bits per heavy atom. The summed E-state index contributed by atoms with van der Waals surface area (Å²) >= 11 is 0. The number of hydrogen-bond donors (Lipinski definition) is 0. The summed E-state index contributed by atoms with van der Waals surface area (Å²) in [5, 5.41) is 0. The van der Waals surface area contributed by atoms with E-state index in [9.17, 15) is 35.5 Å². The third-order valence-electron chi connectivity index (χ3n) is 2.06. The van der Waals surface area contributed by atoms with Crippen molar-refractivity contribution in [2.75, 3.05) is 0 Å². The molecule has 0 unspecified atom stereocenters. The molecule has 1 rings (SSSR count). The third-order valence-corrected chi connectivity index (χ3v) is 2.06. The molecule has 0 bridgehead atoms. The maximum Gasteiger partial charge on any atom is 0.461 e. The van der Waals surface area contributed by atoms with Crippen LogP contribution in [0.5, 0.6) is 0 Å². The van der Waals surface area contributed by atoms with Crippen molar-refractivity contribution in [3.63, 3.8) is 0 Å². The van der Waals surface area contributed by atoms with E-state index in [1.165, 1.54) is 0 Å². The topological polar surface area (TPSA) is 17.1 Å². The minimum Gasteiger partial charge on any atom is -0.292 e. The molecule has 0 radical (unpaired) electrons. The standard InChI is InChI=1S/C10H5F7O/c11-6-1-2-7(12)5(3-6)4-8(18)9(13,14)10(15,16)17/h1-3H,4H2. The molecule has 18 heavy (non-hydrogen) atoms. The first-order chi connectivity index (χ1) is 8.05. The van der Waals surface area contributed by atoms with Gasteiger partial charge >= 0.3 is 12.1 Å². The van der Waals surface area contributed by atoms with E-state index in [0.29, 0.717) is 18.2 Å². The lowest BCUT2D eigenvalue weighted by Gasteiger charge is -2.18. The third kappa shape index (κ3) is 2.80. The minimum atomic E-state index is -6.06. The van der Waals surface area contributed by atoms with Gasteiger partial charge in [-0.3, -0.25) is 4.79 Å². The first-order valence-corrected chi connectivity index (χ1v) is 4.47. The van der Waals surface area contributed by atoms with Crippen molar-refractivity contribution in [3.05, 3.63) is 35.4 Å². The highest BCUT2D eigenvalue weighted by atomic mass is 19.4. The Balaban J connectivity index is 2.98.